The smallest absolute Gasteiger partial charge is 0.336 e. The highest BCUT2D eigenvalue weighted by atomic mass is 19.3. The van der Waals surface area contributed by atoms with Gasteiger partial charge in [-0.3, -0.25) is 9.59 Å². The first-order valence-electron chi connectivity index (χ1n) is 8.49. The molecule has 3 rings (SSSR count). The van der Waals surface area contributed by atoms with Gasteiger partial charge < -0.3 is 23.7 Å². The lowest BCUT2D eigenvalue weighted by Gasteiger charge is -2.25. The standard InChI is InChI=1S/C17H20F2O8/c1-7(4-11(20)23-6-17(3,18)19)15(21)25-8(2)24-13-10-5-9-12(26-10)14(13)27-16(9)22/h8-10,12-14H,1,4-6H2,2-3H3. The van der Waals surface area contributed by atoms with Gasteiger partial charge in [0.25, 0.3) is 5.92 Å². The monoisotopic (exact) mass is 390 g/mol. The number of halogens is 2. The van der Waals surface area contributed by atoms with E-state index in [0.29, 0.717) is 13.3 Å². The first kappa shape index (κ1) is 19.7. The Balaban J connectivity index is 1.43. The summed E-state index contributed by atoms with van der Waals surface area (Å²) in [5.74, 6) is -5.68. The number of ether oxygens (including phenoxy) is 5. The number of alkyl halides is 2. The van der Waals surface area contributed by atoms with Crippen LogP contribution in [0.3, 0.4) is 0 Å². The van der Waals surface area contributed by atoms with Crippen molar-refractivity contribution in [3.05, 3.63) is 12.2 Å². The molecule has 0 radical (unpaired) electrons. The highest BCUT2D eigenvalue weighted by Gasteiger charge is 2.64. The summed E-state index contributed by atoms with van der Waals surface area (Å²) >= 11 is 0. The van der Waals surface area contributed by atoms with Gasteiger partial charge in [0, 0.05) is 12.5 Å². The summed E-state index contributed by atoms with van der Waals surface area (Å²) in [6.45, 7) is 4.38. The zero-order chi connectivity index (χ0) is 19.9. The first-order chi connectivity index (χ1) is 12.5. The van der Waals surface area contributed by atoms with Gasteiger partial charge in [0.1, 0.15) is 12.2 Å². The number of carbonyl (C=O) groups excluding carboxylic acids is 3. The Morgan fingerprint density at radius 3 is 2.74 bits per heavy atom. The Morgan fingerprint density at radius 2 is 2.07 bits per heavy atom. The van der Waals surface area contributed by atoms with E-state index in [1.807, 2.05) is 0 Å². The molecule has 0 aliphatic carbocycles. The molecule has 0 spiro atoms. The van der Waals surface area contributed by atoms with Gasteiger partial charge in [0.15, 0.2) is 12.7 Å². The van der Waals surface area contributed by atoms with Crippen molar-refractivity contribution in [2.75, 3.05) is 6.61 Å². The third kappa shape index (κ3) is 4.27. The molecule has 3 heterocycles. The van der Waals surface area contributed by atoms with Crippen LogP contribution in [0.2, 0.25) is 0 Å². The van der Waals surface area contributed by atoms with Crippen LogP contribution in [-0.2, 0) is 38.1 Å². The summed E-state index contributed by atoms with van der Waals surface area (Å²) in [7, 11) is 0. The molecule has 6 unspecified atom stereocenters. The fraction of sp³-hybridized carbons (Fsp3) is 0.706. The summed E-state index contributed by atoms with van der Waals surface area (Å²) < 4.78 is 51.2. The second-order valence-electron chi connectivity index (χ2n) is 6.97. The number of rotatable bonds is 8. The third-order valence-corrected chi connectivity index (χ3v) is 4.54. The molecule has 3 fully saturated rings. The summed E-state index contributed by atoms with van der Waals surface area (Å²) in [4.78, 5) is 35.1. The third-order valence-electron chi connectivity index (χ3n) is 4.54. The molecule has 0 amide bonds. The average molecular weight is 390 g/mol. The molecule has 150 valence electrons. The predicted molar refractivity (Wildman–Crippen MR) is 82.4 cm³/mol. The molecule has 3 saturated heterocycles. The van der Waals surface area contributed by atoms with E-state index in [9.17, 15) is 23.2 Å². The van der Waals surface area contributed by atoms with Crippen molar-refractivity contribution in [2.45, 2.75) is 63.3 Å². The van der Waals surface area contributed by atoms with Crippen LogP contribution < -0.4 is 0 Å². The van der Waals surface area contributed by atoms with Crippen molar-refractivity contribution in [1.29, 1.82) is 0 Å². The Hall–Kier alpha value is -2.07. The lowest BCUT2D eigenvalue weighted by atomic mass is 9.88. The Labute approximate surface area is 153 Å². The molecule has 0 aromatic rings. The number of carbonyl (C=O) groups is 3. The first-order valence-corrected chi connectivity index (χ1v) is 8.49. The number of esters is 3. The zero-order valence-corrected chi connectivity index (χ0v) is 14.8. The van der Waals surface area contributed by atoms with Gasteiger partial charge in [-0.2, -0.15) is 0 Å². The molecular formula is C17H20F2O8. The van der Waals surface area contributed by atoms with E-state index in [-0.39, 0.29) is 29.7 Å². The molecule has 0 saturated carbocycles. The average Bonchev–Trinajstić information content (AvgIpc) is 3.17. The van der Waals surface area contributed by atoms with Gasteiger partial charge in [0.2, 0.25) is 6.29 Å². The summed E-state index contributed by atoms with van der Waals surface area (Å²) in [5.41, 5.74) is -0.258. The van der Waals surface area contributed by atoms with Crippen LogP contribution in [0.4, 0.5) is 8.78 Å². The molecule has 0 aromatic heterocycles. The largest absolute Gasteiger partial charge is 0.459 e. The van der Waals surface area contributed by atoms with E-state index in [0.717, 1.165) is 0 Å². The predicted octanol–water partition coefficient (Wildman–Crippen LogP) is 1.12. The summed E-state index contributed by atoms with van der Waals surface area (Å²) in [6, 6.07) is 0. The molecule has 8 nitrogen and oxygen atoms in total. The minimum absolute atomic E-state index is 0.258. The molecule has 3 aliphatic rings. The van der Waals surface area contributed by atoms with E-state index in [1.165, 1.54) is 6.92 Å². The van der Waals surface area contributed by atoms with Crippen molar-refractivity contribution in [2.24, 2.45) is 5.92 Å². The molecule has 0 N–H and O–H groups in total. The minimum atomic E-state index is -3.16. The van der Waals surface area contributed by atoms with Crippen molar-refractivity contribution in [3.63, 3.8) is 0 Å². The lowest BCUT2D eigenvalue weighted by Crippen LogP contribution is -2.41. The fourth-order valence-electron chi connectivity index (χ4n) is 3.39. The summed E-state index contributed by atoms with van der Waals surface area (Å²) in [6.07, 6.45) is -2.84. The van der Waals surface area contributed by atoms with Crippen molar-refractivity contribution in [1.82, 2.24) is 0 Å². The molecule has 27 heavy (non-hydrogen) atoms. The molecule has 3 aliphatic heterocycles. The van der Waals surface area contributed by atoms with Crippen LogP contribution in [-0.4, -0.2) is 61.1 Å². The number of hydrogen-bond acceptors (Lipinski definition) is 8. The lowest BCUT2D eigenvalue weighted by molar-refractivity contribution is -0.195. The Kier molecular flexibility index (Phi) is 5.22. The van der Waals surface area contributed by atoms with Crippen molar-refractivity contribution >= 4 is 17.9 Å². The highest BCUT2D eigenvalue weighted by molar-refractivity contribution is 5.93. The normalized spacial score (nSPS) is 32.1. The number of hydrogen-bond donors (Lipinski definition) is 0. The van der Waals surface area contributed by atoms with Crippen LogP contribution in [0.5, 0.6) is 0 Å². The zero-order valence-electron chi connectivity index (χ0n) is 14.8. The van der Waals surface area contributed by atoms with Crippen LogP contribution in [0, 0.1) is 5.92 Å². The van der Waals surface area contributed by atoms with Crippen LogP contribution in [0.15, 0.2) is 12.2 Å². The molecule has 2 bridgehead atoms. The van der Waals surface area contributed by atoms with Crippen molar-refractivity contribution in [3.8, 4) is 0 Å². The van der Waals surface area contributed by atoms with Gasteiger partial charge >= 0.3 is 17.9 Å². The molecule has 6 atom stereocenters. The SMILES string of the molecule is C=C(CC(=O)OCC(C)(F)F)C(=O)OC(C)OC1C2CC3C(=O)OC1C3O2. The topological polar surface area (TPSA) is 97.4 Å². The molecule has 0 aromatic carbocycles. The van der Waals surface area contributed by atoms with Crippen molar-refractivity contribution < 1.29 is 46.8 Å². The minimum Gasteiger partial charge on any atom is -0.459 e. The van der Waals surface area contributed by atoms with E-state index in [2.05, 4.69) is 11.3 Å². The maximum absolute atomic E-state index is 12.6. The van der Waals surface area contributed by atoms with E-state index < -0.39 is 49.4 Å². The quantitative estimate of drug-likeness (QED) is 0.263. The maximum atomic E-state index is 12.6. The van der Waals surface area contributed by atoms with Gasteiger partial charge in [-0.1, -0.05) is 6.58 Å². The van der Waals surface area contributed by atoms with Crippen LogP contribution in [0.1, 0.15) is 26.7 Å². The second-order valence-corrected chi connectivity index (χ2v) is 6.97. The van der Waals surface area contributed by atoms with E-state index >= 15 is 0 Å². The van der Waals surface area contributed by atoms with Gasteiger partial charge in [-0.25, -0.2) is 13.6 Å². The molecule has 10 heteroatoms. The molecular weight excluding hydrogens is 370 g/mol. The van der Waals surface area contributed by atoms with E-state index in [4.69, 9.17) is 18.9 Å². The second kappa shape index (κ2) is 7.16. The Bertz CT molecular complexity index is 658. The van der Waals surface area contributed by atoms with Crippen LogP contribution in [0.25, 0.3) is 0 Å². The maximum Gasteiger partial charge on any atom is 0.336 e. The highest BCUT2D eigenvalue weighted by Crippen LogP contribution is 2.47. The van der Waals surface area contributed by atoms with E-state index in [1.54, 1.807) is 0 Å². The fourth-order valence-corrected chi connectivity index (χ4v) is 3.39. The van der Waals surface area contributed by atoms with Gasteiger partial charge in [-0.05, 0) is 13.3 Å². The van der Waals surface area contributed by atoms with Gasteiger partial charge in [-0.15, -0.1) is 0 Å². The van der Waals surface area contributed by atoms with Crippen LogP contribution >= 0.6 is 0 Å². The number of fused-ring (bicyclic) bond motifs is 1. The Morgan fingerprint density at radius 1 is 1.37 bits per heavy atom. The summed E-state index contributed by atoms with van der Waals surface area (Å²) in [5, 5.41) is 0. The van der Waals surface area contributed by atoms with Gasteiger partial charge in [0.05, 0.1) is 18.4 Å².